The molecule has 0 unspecified atom stereocenters. The van der Waals surface area contributed by atoms with E-state index >= 15 is 0 Å². The first-order valence-corrected chi connectivity index (χ1v) is 8.62. The topological polar surface area (TPSA) is 68.1 Å². The largest absolute Gasteiger partial charge is 0.263 e. The van der Waals surface area contributed by atoms with Gasteiger partial charge in [-0.2, -0.15) is 4.31 Å². The number of halogens is 1. The van der Waals surface area contributed by atoms with Gasteiger partial charge in [0.2, 0.25) is 5.03 Å². The zero-order valence-electron chi connectivity index (χ0n) is 12.1. The highest BCUT2D eigenvalue weighted by atomic mass is 79.9. The second-order valence-electron chi connectivity index (χ2n) is 5.90. The van der Waals surface area contributed by atoms with Gasteiger partial charge < -0.3 is 0 Å². The number of hydrogen-bond acceptors (Lipinski definition) is 4. The molecule has 0 amide bonds. The van der Waals surface area contributed by atoms with E-state index in [-0.39, 0.29) is 15.0 Å². The van der Waals surface area contributed by atoms with Crippen molar-refractivity contribution in [3.05, 3.63) is 16.3 Å². The van der Waals surface area contributed by atoms with E-state index < -0.39 is 10.0 Å². The fraction of sp³-hybridized carbons (Fsp3) is 0.667. The second kappa shape index (κ2) is 5.23. The molecule has 0 N–H and O–H groups in total. The molecule has 2 heterocycles. The predicted molar refractivity (Wildman–Crippen MR) is 79.6 cm³/mol. The van der Waals surface area contributed by atoms with Gasteiger partial charge in [0.15, 0.2) is 4.60 Å². The summed E-state index contributed by atoms with van der Waals surface area (Å²) in [6, 6.07) is 0. The fourth-order valence-corrected chi connectivity index (χ4v) is 4.68. The van der Waals surface area contributed by atoms with Crippen LogP contribution in [0.4, 0.5) is 0 Å². The monoisotopic (exact) mass is 362 g/mol. The third-order valence-electron chi connectivity index (χ3n) is 3.46. The van der Waals surface area contributed by atoms with Crippen LogP contribution in [0, 0.1) is 5.41 Å². The van der Waals surface area contributed by atoms with Crippen LogP contribution in [0.1, 0.15) is 27.2 Å². The highest BCUT2D eigenvalue weighted by Gasteiger charge is 2.33. The lowest BCUT2D eigenvalue weighted by Crippen LogP contribution is -2.37. The molecule has 1 aromatic heterocycles. The second-order valence-corrected chi connectivity index (χ2v) is 8.51. The van der Waals surface area contributed by atoms with E-state index in [1.807, 2.05) is 6.08 Å². The highest BCUT2D eigenvalue weighted by molar-refractivity contribution is 9.10. The van der Waals surface area contributed by atoms with E-state index in [9.17, 15) is 8.42 Å². The lowest BCUT2D eigenvalue weighted by molar-refractivity contribution is 0.386. The molecule has 0 aromatic carbocycles. The van der Waals surface area contributed by atoms with Crippen LogP contribution in [0.2, 0.25) is 0 Å². The van der Waals surface area contributed by atoms with Gasteiger partial charge in [-0.25, -0.2) is 13.1 Å². The Balaban J connectivity index is 2.29. The Kier molecular flexibility index (Phi) is 4.10. The van der Waals surface area contributed by atoms with E-state index in [0.717, 1.165) is 6.42 Å². The van der Waals surface area contributed by atoms with Crippen LogP contribution in [-0.2, 0) is 17.1 Å². The van der Waals surface area contributed by atoms with Gasteiger partial charge in [0.25, 0.3) is 10.0 Å². The van der Waals surface area contributed by atoms with E-state index in [1.54, 1.807) is 7.05 Å². The summed E-state index contributed by atoms with van der Waals surface area (Å²) in [6.07, 6.45) is 2.77. The van der Waals surface area contributed by atoms with Crippen molar-refractivity contribution in [1.29, 1.82) is 0 Å². The molecule has 6 nitrogen and oxygen atoms in total. The molecule has 0 atom stereocenters. The van der Waals surface area contributed by atoms with E-state index in [4.69, 9.17) is 0 Å². The van der Waals surface area contributed by atoms with Crippen molar-refractivity contribution in [2.75, 3.05) is 13.1 Å². The van der Waals surface area contributed by atoms with Gasteiger partial charge in [0, 0.05) is 20.1 Å². The first-order valence-electron chi connectivity index (χ1n) is 6.39. The van der Waals surface area contributed by atoms with Crippen LogP contribution in [0.15, 0.2) is 21.3 Å². The molecule has 1 aliphatic heterocycles. The highest BCUT2D eigenvalue weighted by Crippen LogP contribution is 2.32. The van der Waals surface area contributed by atoms with Crippen molar-refractivity contribution in [2.45, 2.75) is 32.2 Å². The third kappa shape index (κ3) is 2.82. The van der Waals surface area contributed by atoms with Crippen molar-refractivity contribution >= 4 is 26.0 Å². The summed E-state index contributed by atoms with van der Waals surface area (Å²) in [5.74, 6) is 0. The number of rotatable bonds is 2. The Morgan fingerprint density at radius 3 is 2.40 bits per heavy atom. The smallest absolute Gasteiger partial charge is 0.235 e. The summed E-state index contributed by atoms with van der Waals surface area (Å²) in [5.41, 5.74) is 1.39. The Labute approximate surface area is 128 Å². The molecular formula is C12H19BrN4O2S. The number of nitrogens with zero attached hydrogens (tertiary/aromatic N) is 4. The molecule has 20 heavy (non-hydrogen) atoms. The molecule has 8 heteroatoms. The fourth-order valence-electron chi connectivity index (χ4n) is 2.27. The number of aryl methyl sites for hydroxylation is 1. The van der Waals surface area contributed by atoms with Crippen molar-refractivity contribution < 1.29 is 8.42 Å². The Bertz CT molecular complexity index is 623. The Morgan fingerprint density at radius 1 is 1.35 bits per heavy atom. The molecule has 0 aliphatic carbocycles. The maximum absolute atomic E-state index is 12.6. The van der Waals surface area contributed by atoms with Crippen LogP contribution in [-0.4, -0.2) is 40.8 Å². The maximum atomic E-state index is 12.6. The van der Waals surface area contributed by atoms with Crippen LogP contribution in [0.3, 0.4) is 0 Å². The summed E-state index contributed by atoms with van der Waals surface area (Å²) in [4.78, 5) is 0. The molecule has 1 aromatic rings. The first-order chi connectivity index (χ1) is 9.14. The van der Waals surface area contributed by atoms with Gasteiger partial charge in [-0.3, -0.25) is 0 Å². The minimum atomic E-state index is -3.57. The van der Waals surface area contributed by atoms with E-state index in [2.05, 4.69) is 47.0 Å². The average Bonchev–Trinajstić information content (AvgIpc) is 2.68. The summed E-state index contributed by atoms with van der Waals surface area (Å²) in [7, 11) is -1.99. The van der Waals surface area contributed by atoms with Gasteiger partial charge in [-0.15, -0.1) is 5.10 Å². The normalized spacial score (nSPS) is 18.1. The minimum Gasteiger partial charge on any atom is -0.235 e. The zero-order chi connectivity index (χ0) is 15.1. The summed E-state index contributed by atoms with van der Waals surface area (Å²) >= 11 is 3.15. The summed E-state index contributed by atoms with van der Waals surface area (Å²) < 4.78 is 28.2. The molecule has 0 saturated heterocycles. The quantitative estimate of drug-likeness (QED) is 0.754. The molecule has 0 fully saturated rings. The third-order valence-corrected chi connectivity index (χ3v) is 6.21. The predicted octanol–water partition coefficient (Wildman–Crippen LogP) is 1.94. The van der Waals surface area contributed by atoms with Crippen molar-refractivity contribution in [2.24, 2.45) is 12.5 Å². The standard InChI is InChI=1S/C12H19BrN4O2S/c1-12(2,3)9-5-7-17(8-6-9)20(18,19)11-10(13)14-15-16(11)4/h5H,6-8H2,1-4H3. The maximum Gasteiger partial charge on any atom is 0.263 e. The van der Waals surface area contributed by atoms with Gasteiger partial charge in [0.1, 0.15) is 0 Å². The lowest BCUT2D eigenvalue weighted by Gasteiger charge is -2.31. The SMILES string of the molecule is Cn1nnc(Br)c1S(=O)(=O)N1CC=C(C(C)(C)C)CC1. The number of hydrogen-bond donors (Lipinski definition) is 0. The van der Waals surface area contributed by atoms with Crippen LogP contribution >= 0.6 is 15.9 Å². The van der Waals surface area contributed by atoms with Crippen LogP contribution in [0.5, 0.6) is 0 Å². The molecule has 1 aliphatic rings. The number of aromatic nitrogens is 3. The van der Waals surface area contributed by atoms with Crippen molar-refractivity contribution in [1.82, 2.24) is 19.3 Å². The van der Waals surface area contributed by atoms with Crippen molar-refractivity contribution in [3.63, 3.8) is 0 Å². The lowest BCUT2D eigenvalue weighted by atomic mass is 9.83. The minimum absolute atomic E-state index is 0.0878. The molecule has 0 saturated carbocycles. The first kappa shape index (κ1) is 15.7. The summed E-state index contributed by atoms with van der Waals surface area (Å²) in [6.45, 7) is 7.31. The van der Waals surface area contributed by atoms with E-state index in [1.165, 1.54) is 14.6 Å². The van der Waals surface area contributed by atoms with E-state index in [0.29, 0.717) is 13.1 Å². The van der Waals surface area contributed by atoms with Crippen LogP contribution in [0.25, 0.3) is 0 Å². The van der Waals surface area contributed by atoms with Gasteiger partial charge >= 0.3 is 0 Å². The van der Waals surface area contributed by atoms with Crippen molar-refractivity contribution in [3.8, 4) is 0 Å². The summed E-state index contributed by atoms with van der Waals surface area (Å²) in [5, 5.41) is 7.57. The van der Waals surface area contributed by atoms with Crippen LogP contribution < -0.4 is 0 Å². The molecule has 0 spiro atoms. The van der Waals surface area contributed by atoms with Gasteiger partial charge in [-0.1, -0.05) is 37.6 Å². The molecular weight excluding hydrogens is 344 g/mol. The average molecular weight is 363 g/mol. The molecule has 0 bridgehead atoms. The van der Waals surface area contributed by atoms with Gasteiger partial charge in [0.05, 0.1) is 0 Å². The zero-order valence-corrected chi connectivity index (χ0v) is 14.5. The van der Waals surface area contributed by atoms with Gasteiger partial charge in [-0.05, 0) is 27.8 Å². The Hall–Kier alpha value is -0.730. The molecule has 2 rings (SSSR count). The number of sulfonamides is 1. The molecule has 112 valence electrons. The Morgan fingerprint density at radius 2 is 2.00 bits per heavy atom. The molecule has 0 radical (unpaired) electrons.